The van der Waals surface area contributed by atoms with Crippen LogP contribution in [0.2, 0.25) is 0 Å². The minimum Gasteiger partial charge on any atom is -0.385 e. The van der Waals surface area contributed by atoms with Crippen LogP contribution in [0.3, 0.4) is 0 Å². The lowest BCUT2D eigenvalue weighted by Crippen LogP contribution is -2.29. The standard InChI is InChI=1S/C19H29N3O2/c1-6-7-10-22-15(2)12-17(16(22)3)13-18(14-20)19(23)21(4)9-8-11-24-5/h12-13H,6-11H2,1-5H3/b18-13+. The molecule has 5 heteroatoms. The predicted octanol–water partition coefficient (Wildman–Crippen LogP) is 3.31. The molecular weight excluding hydrogens is 302 g/mol. The molecule has 0 bridgehead atoms. The summed E-state index contributed by atoms with van der Waals surface area (Å²) in [5.74, 6) is -0.244. The minimum absolute atomic E-state index is 0.172. The number of nitrogens with zero attached hydrogens (tertiary/aromatic N) is 3. The second-order valence-electron chi connectivity index (χ2n) is 6.07. The number of ether oxygens (including phenoxy) is 1. The van der Waals surface area contributed by atoms with Gasteiger partial charge in [-0.3, -0.25) is 4.79 Å². The molecule has 0 aliphatic carbocycles. The molecule has 0 aromatic carbocycles. The van der Waals surface area contributed by atoms with Crippen molar-refractivity contribution >= 4 is 12.0 Å². The fraction of sp³-hybridized carbons (Fsp3) is 0.579. The van der Waals surface area contributed by atoms with E-state index in [1.54, 1.807) is 25.1 Å². The zero-order valence-corrected chi connectivity index (χ0v) is 15.6. The number of carbonyl (C=O) groups excluding carboxylic acids is 1. The van der Waals surface area contributed by atoms with Gasteiger partial charge in [0.2, 0.25) is 0 Å². The lowest BCUT2D eigenvalue weighted by molar-refractivity contribution is -0.125. The normalized spacial score (nSPS) is 11.4. The number of nitriles is 1. The molecule has 0 radical (unpaired) electrons. The number of carbonyl (C=O) groups is 1. The first-order valence-corrected chi connectivity index (χ1v) is 8.49. The highest BCUT2D eigenvalue weighted by Gasteiger charge is 2.16. The van der Waals surface area contributed by atoms with Crippen LogP contribution in [-0.4, -0.2) is 42.7 Å². The van der Waals surface area contributed by atoms with Crippen LogP contribution in [0.4, 0.5) is 0 Å². The number of likely N-dealkylation sites (N-methyl/N-ethyl adjacent to an activating group) is 1. The molecule has 132 valence electrons. The monoisotopic (exact) mass is 331 g/mol. The molecule has 5 nitrogen and oxygen atoms in total. The molecule has 1 rings (SSSR count). The summed E-state index contributed by atoms with van der Waals surface area (Å²) in [6, 6.07) is 4.09. The topological polar surface area (TPSA) is 58.3 Å². The minimum atomic E-state index is -0.244. The number of amides is 1. The van der Waals surface area contributed by atoms with Gasteiger partial charge in [-0.05, 0) is 44.4 Å². The lowest BCUT2D eigenvalue weighted by Gasteiger charge is -2.16. The molecule has 1 aromatic rings. The van der Waals surface area contributed by atoms with E-state index in [-0.39, 0.29) is 11.5 Å². The Balaban J connectivity index is 2.96. The van der Waals surface area contributed by atoms with E-state index < -0.39 is 0 Å². The first-order valence-electron chi connectivity index (χ1n) is 8.49. The molecule has 0 unspecified atom stereocenters. The molecule has 24 heavy (non-hydrogen) atoms. The SMILES string of the molecule is CCCCn1c(C)cc(/C=C(\C#N)C(=O)N(C)CCCOC)c1C. The first kappa shape index (κ1) is 20.0. The molecule has 1 aromatic heterocycles. The Hall–Kier alpha value is -2.06. The van der Waals surface area contributed by atoms with Gasteiger partial charge in [-0.2, -0.15) is 5.26 Å². The molecule has 0 fully saturated rings. The number of aryl methyl sites for hydroxylation is 1. The van der Waals surface area contributed by atoms with Crippen molar-refractivity contribution in [2.75, 3.05) is 27.3 Å². The maximum atomic E-state index is 12.4. The van der Waals surface area contributed by atoms with Gasteiger partial charge in [-0.15, -0.1) is 0 Å². The number of rotatable bonds is 9. The van der Waals surface area contributed by atoms with Crippen LogP contribution in [0.5, 0.6) is 0 Å². The zero-order chi connectivity index (χ0) is 18.1. The second kappa shape index (κ2) is 9.94. The van der Waals surface area contributed by atoms with Crippen LogP contribution < -0.4 is 0 Å². The summed E-state index contributed by atoms with van der Waals surface area (Å²) < 4.78 is 7.25. The first-order chi connectivity index (χ1) is 11.5. The van der Waals surface area contributed by atoms with E-state index in [4.69, 9.17) is 4.74 Å². The highest BCUT2D eigenvalue weighted by molar-refractivity contribution is 6.01. The molecule has 0 saturated carbocycles. The van der Waals surface area contributed by atoms with Crippen LogP contribution in [0.25, 0.3) is 6.08 Å². The Bertz CT molecular complexity index is 623. The molecule has 0 atom stereocenters. The van der Waals surface area contributed by atoms with Gasteiger partial charge in [0.25, 0.3) is 5.91 Å². The number of aromatic nitrogens is 1. The Kier molecular flexibility index (Phi) is 8.28. The largest absolute Gasteiger partial charge is 0.385 e. The van der Waals surface area contributed by atoms with Gasteiger partial charge < -0.3 is 14.2 Å². The maximum Gasteiger partial charge on any atom is 0.264 e. The molecule has 0 spiro atoms. The van der Waals surface area contributed by atoms with Crippen LogP contribution >= 0.6 is 0 Å². The van der Waals surface area contributed by atoms with E-state index in [0.717, 1.165) is 42.8 Å². The number of methoxy groups -OCH3 is 1. The van der Waals surface area contributed by atoms with Gasteiger partial charge >= 0.3 is 0 Å². The summed E-state index contributed by atoms with van der Waals surface area (Å²) in [6.07, 6.45) is 4.71. The Labute approximate surface area is 145 Å². The van der Waals surface area contributed by atoms with Crippen LogP contribution in [0, 0.1) is 25.2 Å². The van der Waals surface area contributed by atoms with Gasteiger partial charge in [-0.1, -0.05) is 13.3 Å². The Morgan fingerprint density at radius 3 is 2.71 bits per heavy atom. The van der Waals surface area contributed by atoms with Crippen molar-refractivity contribution < 1.29 is 9.53 Å². The Morgan fingerprint density at radius 1 is 1.42 bits per heavy atom. The molecule has 0 saturated heterocycles. The van der Waals surface area contributed by atoms with Crippen molar-refractivity contribution in [2.45, 2.75) is 46.6 Å². The average Bonchev–Trinajstić information content (AvgIpc) is 2.83. The van der Waals surface area contributed by atoms with Crippen molar-refractivity contribution in [3.8, 4) is 6.07 Å². The summed E-state index contributed by atoms with van der Waals surface area (Å²) >= 11 is 0. The summed E-state index contributed by atoms with van der Waals surface area (Å²) in [5, 5.41) is 9.39. The number of hydrogen-bond donors (Lipinski definition) is 0. The van der Waals surface area contributed by atoms with Gasteiger partial charge in [0, 0.05) is 45.2 Å². The van der Waals surface area contributed by atoms with Crippen molar-refractivity contribution in [1.29, 1.82) is 5.26 Å². The van der Waals surface area contributed by atoms with Crippen LogP contribution in [0.1, 0.15) is 43.1 Å². The summed E-state index contributed by atoms with van der Waals surface area (Å²) in [6.45, 7) is 8.40. The predicted molar refractivity (Wildman–Crippen MR) is 96.5 cm³/mol. The molecule has 0 aliphatic heterocycles. The summed E-state index contributed by atoms with van der Waals surface area (Å²) in [4.78, 5) is 14.0. The van der Waals surface area contributed by atoms with Crippen molar-refractivity contribution in [1.82, 2.24) is 9.47 Å². The van der Waals surface area contributed by atoms with E-state index >= 15 is 0 Å². The molecule has 1 heterocycles. The highest BCUT2D eigenvalue weighted by atomic mass is 16.5. The van der Waals surface area contributed by atoms with Gasteiger partial charge in [-0.25, -0.2) is 0 Å². The van der Waals surface area contributed by atoms with E-state index in [9.17, 15) is 10.1 Å². The summed E-state index contributed by atoms with van der Waals surface area (Å²) in [5.41, 5.74) is 3.37. The third-order valence-corrected chi connectivity index (χ3v) is 4.19. The number of hydrogen-bond acceptors (Lipinski definition) is 3. The van der Waals surface area contributed by atoms with E-state index in [2.05, 4.69) is 24.5 Å². The second-order valence-corrected chi connectivity index (χ2v) is 6.07. The van der Waals surface area contributed by atoms with Crippen molar-refractivity contribution in [2.24, 2.45) is 0 Å². The quantitative estimate of drug-likeness (QED) is 0.396. The summed E-state index contributed by atoms with van der Waals surface area (Å²) in [7, 11) is 3.35. The van der Waals surface area contributed by atoms with Crippen LogP contribution in [0.15, 0.2) is 11.6 Å². The third kappa shape index (κ3) is 5.24. The van der Waals surface area contributed by atoms with Gasteiger partial charge in [0.1, 0.15) is 11.6 Å². The lowest BCUT2D eigenvalue weighted by atomic mass is 10.1. The van der Waals surface area contributed by atoms with Gasteiger partial charge in [0.05, 0.1) is 0 Å². The van der Waals surface area contributed by atoms with Gasteiger partial charge in [0.15, 0.2) is 0 Å². The molecule has 1 amide bonds. The van der Waals surface area contributed by atoms with Crippen molar-refractivity contribution in [3.63, 3.8) is 0 Å². The smallest absolute Gasteiger partial charge is 0.264 e. The molecule has 0 N–H and O–H groups in total. The fourth-order valence-corrected chi connectivity index (χ4v) is 2.68. The maximum absolute atomic E-state index is 12.4. The van der Waals surface area contributed by atoms with Crippen LogP contribution in [-0.2, 0) is 16.1 Å². The molecular formula is C19H29N3O2. The number of unbranched alkanes of at least 4 members (excludes halogenated alkanes) is 1. The Morgan fingerprint density at radius 2 is 2.12 bits per heavy atom. The van der Waals surface area contributed by atoms with E-state index in [1.165, 1.54) is 0 Å². The van der Waals surface area contributed by atoms with E-state index in [1.807, 2.05) is 13.0 Å². The fourth-order valence-electron chi connectivity index (χ4n) is 2.68. The van der Waals surface area contributed by atoms with E-state index in [0.29, 0.717) is 13.2 Å². The molecule has 0 aliphatic rings. The highest BCUT2D eigenvalue weighted by Crippen LogP contribution is 2.19. The van der Waals surface area contributed by atoms with Crippen molar-refractivity contribution in [3.05, 3.63) is 28.6 Å². The zero-order valence-electron chi connectivity index (χ0n) is 15.6. The average molecular weight is 331 g/mol. The third-order valence-electron chi connectivity index (χ3n) is 4.19.